The number of ether oxygens (including phenoxy) is 1. The van der Waals surface area contributed by atoms with Gasteiger partial charge in [0.05, 0.1) is 6.61 Å². The highest BCUT2D eigenvalue weighted by Gasteiger charge is 2.17. The van der Waals surface area contributed by atoms with Crippen molar-refractivity contribution in [3.8, 4) is 5.75 Å². The SMILES string of the molecule is O=C(c1ccc2c(c1)CCO2)c1cccc2cnccc12. The van der Waals surface area contributed by atoms with Gasteiger partial charge in [0, 0.05) is 35.3 Å². The van der Waals surface area contributed by atoms with Gasteiger partial charge in [-0.2, -0.15) is 0 Å². The molecule has 4 rings (SSSR count). The van der Waals surface area contributed by atoms with Crippen molar-refractivity contribution in [1.29, 1.82) is 0 Å². The molecule has 2 heterocycles. The van der Waals surface area contributed by atoms with E-state index in [1.54, 1.807) is 12.4 Å². The van der Waals surface area contributed by atoms with E-state index in [0.29, 0.717) is 17.7 Å². The number of hydrogen-bond donors (Lipinski definition) is 0. The van der Waals surface area contributed by atoms with Crippen molar-refractivity contribution in [3.05, 3.63) is 71.5 Å². The molecule has 3 nitrogen and oxygen atoms in total. The summed E-state index contributed by atoms with van der Waals surface area (Å²) < 4.78 is 5.49. The van der Waals surface area contributed by atoms with Crippen LogP contribution < -0.4 is 4.74 Å². The van der Waals surface area contributed by atoms with Crippen LogP contribution in [0.5, 0.6) is 5.75 Å². The third kappa shape index (κ3) is 1.98. The van der Waals surface area contributed by atoms with Crippen LogP contribution >= 0.6 is 0 Å². The Morgan fingerprint density at radius 1 is 1.14 bits per heavy atom. The van der Waals surface area contributed by atoms with E-state index < -0.39 is 0 Å². The van der Waals surface area contributed by atoms with Gasteiger partial charge >= 0.3 is 0 Å². The normalized spacial score (nSPS) is 13.0. The molecule has 0 bridgehead atoms. The Balaban J connectivity index is 1.83. The summed E-state index contributed by atoms with van der Waals surface area (Å²) in [4.78, 5) is 16.9. The number of nitrogens with zero attached hydrogens (tertiary/aromatic N) is 1. The molecule has 0 radical (unpaired) electrons. The molecular weight excluding hydrogens is 262 g/mol. The summed E-state index contributed by atoms with van der Waals surface area (Å²) in [7, 11) is 0. The van der Waals surface area contributed by atoms with Gasteiger partial charge in [0.25, 0.3) is 0 Å². The Bertz CT molecular complexity index is 849. The van der Waals surface area contributed by atoms with Crippen molar-refractivity contribution >= 4 is 16.6 Å². The lowest BCUT2D eigenvalue weighted by molar-refractivity contribution is 0.104. The van der Waals surface area contributed by atoms with E-state index in [1.807, 2.05) is 42.5 Å². The Labute approximate surface area is 122 Å². The lowest BCUT2D eigenvalue weighted by atomic mass is 9.97. The van der Waals surface area contributed by atoms with E-state index >= 15 is 0 Å². The van der Waals surface area contributed by atoms with Gasteiger partial charge in [0.15, 0.2) is 5.78 Å². The maximum Gasteiger partial charge on any atom is 0.193 e. The summed E-state index contributed by atoms with van der Waals surface area (Å²) in [6.45, 7) is 0.701. The lowest BCUT2D eigenvalue weighted by Crippen LogP contribution is -2.02. The van der Waals surface area contributed by atoms with Crippen molar-refractivity contribution in [1.82, 2.24) is 4.98 Å². The second-order valence-corrected chi connectivity index (χ2v) is 5.15. The van der Waals surface area contributed by atoms with Crippen LogP contribution in [-0.4, -0.2) is 17.4 Å². The van der Waals surface area contributed by atoms with Crippen LogP contribution in [0.25, 0.3) is 10.8 Å². The quantitative estimate of drug-likeness (QED) is 0.673. The number of ketones is 1. The molecule has 3 heteroatoms. The summed E-state index contributed by atoms with van der Waals surface area (Å²) in [5, 5.41) is 1.92. The van der Waals surface area contributed by atoms with E-state index in [1.165, 1.54) is 0 Å². The smallest absolute Gasteiger partial charge is 0.193 e. The number of hydrogen-bond acceptors (Lipinski definition) is 3. The molecule has 1 aromatic heterocycles. The zero-order valence-electron chi connectivity index (χ0n) is 11.4. The first-order chi connectivity index (χ1) is 10.3. The molecular formula is C18H13NO2. The number of pyridine rings is 1. The molecule has 0 atom stereocenters. The van der Waals surface area contributed by atoms with Crippen molar-refractivity contribution < 1.29 is 9.53 Å². The molecule has 0 aliphatic carbocycles. The number of carbonyl (C=O) groups excluding carboxylic acids is 1. The molecule has 2 aromatic carbocycles. The average Bonchev–Trinajstić information content (AvgIpc) is 3.01. The summed E-state index contributed by atoms with van der Waals surface area (Å²) in [5.74, 6) is 0.940. The zero-order chi connectivity index (χ0) is 14.2. The first-order valence-electron chi connectivity index (χ1n) is 6.96. The van der Waals surface area contributed by atoms with Crippen LogP contribution in [0.2, 0.25) is 0 Å². The fraction of sp³-hybridized carbons (Fsp3) is 0.111. The number of benzene rings is 2. The Kier molecular flexibility index (Phi) is 2.71. The average molecular weight is 275 g/mol. The van der Waals surface area contributed by atoms with Crippen LogP contribution in [0, 0.1) is 0 Å². The molecule has 0 saturated carbocycles. The highest BCUT2D eigenvalue weighted by molar-refractivity contribution is 6.16. The van der Waals surface area contributed by atoms with E-state index in [0.717, 1.165) is 28.5 Å². The molecule has 3 aromatic rings. The Hall–Kier alpha value is -2.68. The summed E-state index contributed by atoms with van der Waals surface area (Å²) in [6.07, 6.45) is 4.37. The third-order valence-electron chi connectivity index (χ3n) is 3.88. The van der Waals surface area contributed by atoms with Crippen molar-refractivity contribution in [2.45, 2.75) is 6.42 Å². The van der Waals surface area contributed by atoms with Gasteiger partial charge in [0.2, 0.25) is 0 Å². The zero-order valence-corrected chi connectivity index (χ0v) is 11.4. The maximum atomic E-state index is 12.8. The minimum atomic E-state index is 0.0431. The third-order valence-corrected chi connectivity index (χ3v) is 3.88. The number of carbonyl (C=O) groups is 1. The fourth-order valence-corrected chi connectivity index (χ4v) is 2.80. The fourth-order valence-electron chi connectivity index (χ4n) is 2.80. The minimum Gasteiger partial charge on any atom is -0.493 e. The van der Waals surface area contributed by atoms with Gasteiger partial charge in [-0.05, 0) is 35.2 Å². The topological polar surface area (TPSA) is 39.2 Å². The Morgan fingerprint density at radius 3 is 3.05 bits per heavy atom. The van der Waals surface area contributed by atoms with Crippen molar-refractivity contribution in [2.75, 3.05) is 6.61 Å². The highest BCUT2D eigenvalue weighted by atomic mass is 16.5. The molecule has 0 saturated heterocycles. The second-order valence-electron chi connectivity index (χ2n) is 5.15. The van der Waals surface area contributed by atoms with Gasteiger partial charge in [-0.15, -0.1) is 0 Å². The standard InChI is InChI=1S/C18H13NO2/c20-18(13-4-5-17-12(10-13)7-9-21-17)16-3-1-2-14-11-19-8-6-15(14)16/h1-6,8,10-11H,7,9H2. The van der Waals surface area contributed by atoms with Crippen molar-refractivity contribution in [2.24, 2.45) is 0 Å². The van der Waals surface area contributed by atoms with Gasteiger partial charge in [-0.25, -0.2) is 0 Å². The molecule has 0 fully saturated rings. The highest BCUT2D eigenvalue weighted by Crippen LogP contribution is 2.28. The Morgan fingerprint density at radius 2 is 2.10 bits per heavy atom. The predicted octanol–water partition coefficient (Wildman–Crippen LogP) is 3.40. The summed E-state index contributed by atoms with van der Waals surface area (Å²) in [5.41, 5.74) is 2.54. The number of aromatic nitrogens is 1. The lowest BCUT2D eigenvalue weighted by Gasteiger charge is -2.07. The largest absolute Gasteiger partial charge is 0.493 e. The van der Waals surface area contributed by atoms with Crippen LogP contribution in [-0.2, 0) is 6.42 Å². The molecule has 0 N–H and O–H groups in total. The monoisotopic (exact) mass is 275 g/mol. The number of rotatable bonds is 2. The van der Waals surface area contributed by atoms with Crippen LogP contribution in [0.4, 0.5) is 0 Å². The summed E-state index contributed by atoms with van der Waals surface area (Å²) >= 11 is 0. The van der Waals surface area contributed by atoms with Crippen LogP contribution in [0.3, 0.4) is 0 Å². The van der Waals surface area contributed by atoms with E-state index in [2.05, 4.69) is 4.98 Å². The molecule has 1 aliphatic heterocycles. The maximum absolute atomic E-state index is 12.8. The van der Waals surface area contributed by atoms with Crippen LogP contribution in [0.15, 0.2) is 54.9 Å². The van der Waals surface area contributed by atoms with Gasteiger partial charge < -0.3 is 4.74 Å². The first-order valence-corrected chi connectivity index (χ1v) is 6.96. The van der Waals surface area contributed by atoms with Gasteiger partial charge in [-0.1, -0.05) is 18.2 Å². The van der Waals surface area contributed by atoms with E-state index in [4.69, 9.17) is 4.74 Å². The molecule has 0 amide bonds. The van der Waals surface area contributed by atoms with E-state index in [-0.39, 0.29) is 5.78 Å². The number of fused-ring (bicyclic) bond motifs is 2. The first kappa shape index (κ1) is 12.1. The summed E-state index contributed by atoms with van der Waals surface area (Å²) in [6, 6.07) is 13.3. The minimum absolute atomic E-state index is 0.0431. The second kappa shape index (κ2) is 4.70. The molecule has 102 valence electrons. The van der Waals surface area contributed by atoms with Crippen LogP contribution in [0.1, 0.15) is 21.5 Å². The molecule has 1 aliphatic rings. The molecule has 0 spiro atoms. The van der Waals surface area contributed by atoms with Gasteiger partial charge in [0.1, 0.15) is 5.75 Å². The van der Waals surface area contributed by atoms with Gasteiger partial charge in [-0.3, -0.25) is 9.78 Å². The van der Waals surface area contributed by atoms with Crippen molar-refractivity contribution in [3.63, 3.8) is 0 Å². The molecule has 0 unspecified atom stereocenters. The molecule has 21 heavy (non-hydrogen) atoms. The predicted molar refractivity (Wildman–Crippen MR) is 80.8 cm³/mol. The van der Waals surface area contributed by atoms with E-state index in [9.17, 15) is 4.79 Å².